The first kappa shape index (κ1) is 23.0. The highest BCUT2D eigenvalue weighted by Gasteiger charge is 2.15. The SMILES string of the molecule is CCn1c(COc2ccc(Br)cc2)nnc1SCC(=O)Nc1cc(OC)ccc1OC. The largest absolute Gasteiger partial charge is 0.497 e. The summed E-state index contributed by atoms with van der Waals surface area (Å²) in [7, 11) is 3.12. The molecule has 0 aliphatic heterocycles. The number of nitrogens with zero attached hydrogens (tertiary/aromatic N) is 3. The van der Waals surface area contributed by atoms with E-state index in [1.165, 1.54) is 11.8 Å². The molecule has 1 amide bonds. The molecule has 0 saturated carbocycles. The van der Waals surface area contributed by atoms with E-state index in [9.17, 15) is 4.79 Å². The van der Waals surface area contributed by atoms with Gasteiger partial charge in [0.15, 0.2) is 11.0 Å². The number of ether oxygens (including phenoxy) is 3. The van der Waals surface area contributed by atoms with Crippen molar-refractivity contribution in [3.63, 3.8) is 0 Å². The number of halogens is 1. The molecule has 0 bridgehead atoms. The number of amides is 1. The number of anilines is 1. The highest BCUT2D eigenvalue weighted by molar-refractivity contribution is 9.10. The van der Waals surface area contributed by atoms with Crippen molar-refractivity contribution in [3.05, 3.63) is 52.8 Å². The first-order valence-corrected chi connectivity index (χ1v) is 11.3. The molecule has 31 heavy (non-hydrogen) atoms. The molecule has 3 aromatic rings. The van der Waals surface area contributed by atoms with Crippen LogP contribution in [-0.2, 0) is 17.9 Å². The normalized spacial score (nSPS) is 10.6. The molecule has 1 N–H and O–H groups in total. The van der Waals surface area contributed by atoms with Crippen molar-refractivity contribution in [2.45, 2.75) is 25.2 Å². The molecule has 0 aliphatic rings. The Morgan fingerprint density at radius 3 is 2.52 bits per heavy atom. The summed E-state index contributed by atoms with van der Waals surface area (Å²) in [6.45, 7) is 2.95. The second-order valence-electron chi connectivity index (χ2n) is 6.29. The van der Waals surface area contributed by atoms with Gasteiger partial charge in [-0.05, 0) is 43.3 Å². The quantitative estimate of drug-likeness (QED) is 0.408. The highest BCUT2D eigenvalue weighted by Crippen LogP contribution is 2.29. The Morgan fingerprint density at radius 2 is 1.84 bits per heavy atom. The van der Waals surface area contributed by atoms with Crippen molar-refractivity contribution >= 4 is 39.3 Å². The lowest BCUT2D eigenvalue weighted by Crippen LogP contribution is -2.15. The lowest BCUT2D eigenvalue weighted by atomic mass is 10.2. The number of nitrogens with one attached hydrogen (secondary N) is 1. The zero-order chi connectivity index (χ0) is 22.2. The number of hydrogen-bond acceptors (Lipinski definition) is 7. The fourth-order valence-corrected chi connectivity index (χ4v) is 3.84. The van der Waals surface area contributed by atoms with Crippen LogP contribution in [0.2, 0.25) is 0 Å². The first-order chi connectivity index (χ1) is 15.0. The van der Waals surface area contributed by atoms with Gasteiger partial charge in [0.05, 0.1) is 25.7 Å². The summed E-state index contributed by atoms with van der Waals surface area (Å²) in [5.41, 5.74) is 0.549. The molecule has 1 heterocycles. The number of thioether (sulfide) groups is 1. The molecular formula is C21H23BrN4O4S. The molecule has 0 radical (unpaired) electrons. The molecule has 0 unspecified atom stereocenters. The first-order valence-electron chi connectivity index (χ1n) is 9.49. The van der Waals surface area contributed by atoms with Gasteiger partial charge in [-0.1, -0.05) is 27.7 Å². The fraction of sp³-hybridized carbons (Fsp3) is 0.286. The van der Waals surface area contributed by atoms with Gasteiger partial charge in [0.25, 0.3) is 0 Å². The molecule has 3 rings (SSSR count). The topological polar surface area (TPSA) is 87.5 Å². The third-order valence-electron chi connectivity index (χ3n) is 4.30. The molecule has 0 aliphatic carbocycles. The van der Waals surface area contributed by atoms with E-state index >= 15 is 0 Å². The van der Waals surface area contributed by atoms with Crippen LogP contribution in [-0.4, -0.2) is 40.6 Å². The molecule has 2 aromatic carbocycles. The zero-order valence-electron chi connectivity index (χ0n) is 17.4. The van der Waals surface area contributed by atoms with E-state index in [1.807, 2.05) is 35.8 Å². The average Bonchev–Trinajstić information content (AvgIpc) is 3.19. The van der Waals surface area contributed by atoms with E-state index in [0.29, 0.717) is 34.7 Å². The summed E-state index contributed by atoms with van der Waals surface area (Å²) in [6.07, 6.45) is 0. The van der Waals surface area contributed by atoms with Gasteiger partial charge in [-0.2, -0.15) is 0 Å². The van der Waals surface area contributed by atoms with Crippen LogP contribution in [0.4, 0.5) is 5.69 Å². The number of hydrogen-bond donors (Lipinski definition) is 1. The van der Waals surface area contributed by atoms with Crippen LogP contribution in [0, 0.1) is 0 Å². The summed E-state index contributed by atoms with van der Waals surface area (Å²) >= 11 is 4.71. The van der Waals surface area contributed by atoms with Crippen LogP contribution in [0.3, 0.4) is 0 Å². The van der Waals surface area contributed by atoms with Crippen LogP contribution in [0.5, 0.6) is 17.2 Å². The summed E-state index contributed by atoms with van der Waals surface area (Å²) in [5.74, 6) is 2.62. The van der Waals surface area contributed by atoms with Crippen LogP contribution >= 0.6 is 27.7 Å². The van der Waals surface area contributed by atoms with Gasteiger partial charge in [-0.25, -0.2) is 0 Å². The molecule has 0 saturated heterocycles. The zero-order valence-corrected chi connectivity index (χ0v) is 19.8. The predicted octanol–water partition coefficient (Wildman–Crippen LogP) is 4.39. The number of benzene rings is 2. The van der Waals surface area contributed by atoms with Crippen molar-refractivity contribution in [2.24, 2.45) is 0 Å². The number of carbonyl (C=O) groups is 1. The maximum atomic E-state index is 12.5. The van der Waals surface area contributed by atoms with Gasteiger partial charge in [-0.15, -0.1) is 10.2 Å². The van der Waals surface area contributed by atoms with Gasteiger partial charge in [-0.3, -0.25) is 4.79 Å². The second kappa shape index (κ2) is 11.1. The lowest BCUT2D eigenvalue weighted by molar-refractivity contribution is -0.113. The van der Waals surface area contributed by atoms with Crippen molar-refractivity contribution in [1.29, 1.82) is 0 Å². The molecule has 1 aromatic heterocycles. The standard InChI is InChI=1S/C21H23BrN4O4S/c1-4-26-19(12-30-15-7-5-14(22)6-8-15)24-25-21(26)31-13-20(27)23-17-11-16(28-2)9-10-18(17)29-3/h5-11H,4,12-13H2,1-3H3,(H,23,27). The molecule has 164 valence electrons. The van der Waals surface area contributed by atoms with Gasteiger partial charge in [0.1, 0.15) is 23.9 Å². The summed E-state index contributed by atoms with van der Waals surface area (Å²) in [6, 6.07) is 12.8. The summed E-state index contributed by atoms with van der Waals surface area (Å²) < 4.78 is 19.2. The summed E-state index contributed by atoms with van der Waals surface area (Å²) in [4.78, 5) is 12.5. The third-order valence-corrected chi connectivity index (χ3v) is 5.80. The highest BCUT2D eigenvalue weighted by atomic mass is 79.9. The Labute approximate surface area is 193 Å². The maximum Gasteiger partial charge on any atom is 0.234 e. The number of methoxy groups -OCH3 is 2. The Bertz CT molecular complexity index is 1030. The van der Waals surface area contributed by atoms with Gasteiger partial charge < -0.3 is 24.1 Å². The van der Waals surface area contributed by atoms with Crippen LogP contribution in [0.25, 0.3) is 0 Å². The smallest absolute Gasteiger partial charge is 0.234 e. The monoisotopic (exact) mass is 506 g/mol. The third kappa shape index (κ3) is 6.14. The Kier molecular flexibility index (Phi) is 8.19. The molecular weight excluding hydrogens is 484 g/mol. The van der Waals surface area contributed by atoms with Crippen LogP contribution in [0.1, 0.15) is 12.7 Å². The van der Waals surface area contributed by atoms with Crippen molar-refractivity contribution in [3.8, 4) is 17.2 Å². The van der Waals surface area contributed by atoms with E-state index < -0.39 is 0 Å². The average molecular weight is 507 g/mol. The lowest BCUT2D eigenvalue weighted by Gasteiger charge is -2.12. The van der Waals surface area contributed by atoms with Crippen molar-refractivity contribution in [1.82, 2.24) is 14.8 Å². The van der Waals surface area contributed by atoms with Crippen molar-refractivity contribution < 1.29 is 19.0 Å². The minimum atomic E-state index is -0.185. The van der Waals surface area contributed by atoms with Crippen LogP contribution in [0.15, 0.2) is 52.1 Å². The van der Waals surface area contributed by atoms with Gasteiger partial charge >= 0.3 is 0 Å². The van der Waals surface area contributed by atoms with Gasteiger partial charge in [0, 0.05) is 17.1 Å². The second-order valence-corrected chi connectivity index (χ2v) is 8.15. The minimum Gasteiger partial charge on any atom is -0.497 e. The van der Waals surface area contributed by atoms with E-state index in [0.717, 1.165) is 10.2 Å². The molecule has 8 nitrogen and oxygen atoms in total. The van der Waals surface area contributed by atoms with E-state index in [4.69, 9.17) is 14.2 Å². The molecule has 0 atom stereocenters. The van der Waals surface area contributed by atoms with Gasteiger partial charge in [0.2, 0.25) is 5.91 Å². The van der Waals surface area contributed by atoms with E-state index in [1.54, 1.807) is 32.4 Å². The Hall–Kier alpha value is -2.72. The number of rotatable bonds is 10. The fourth-order valence-electron chi connectivity index (χ4n) is 2.76. The van der Waals surface area contributed by atoms with Crippen molar-refractivity contribution in [2.75, 3.05) is 25.3 Å². The Morgan fingerprint density at radius 1 is 1.10 bits per heavy atom. The predicted molar refractivity (Wildman–Crippen MR) is 123 cm³/mol. The van der Waals surface area contributed by atoms with E-state index in [2.05, 4.69) is 31.4 Å². The molecule has 0 spiro atoms. The minimum absolute atomic E-state index is 0.173. The number of aromatic nitrogens is 3. The maximum absolute atomic E-state index is 12.5. The number of carbonyl (C=O) groups excluding carboxylic acids is 1. The molecule has 10 heteroatoms. The van der Waals surface area contributed by atoms with Crippen LogP contribution < -0.4 is 19.5 Å². The van der Waals surface area contributed by atoms with E-state index in [-0.39, 0.29) is 18.3 Å². The Balaban J connectivity index is 1.60. The summed E-state index contributed by atoms with van der Waals surface area (Å²) in [5, 5.41) is 11.9. The molecule has 0 fully saturated rings.